The Balaban J connectivity index is 1.89. The Bertz CT molecular complexity index is 1110. The average molecular weight is 317 g/mol. The third-order valence-corrected chi connectivity index (χ3v) is 3.99. The van der Waals surface area contributed by atoms with Crippen LogP contribution < -0.4 is 10.3 Å². The minimum absolute atomic E-state index is 0.174. The fraction of sp³-hybridized carbons (Fsp3) is 0.0526. The van der Waals surface area contributed by atoms with E-state index in [1.807, 2.05) is 54.6 Å². The van der Waals surface area contributed by atoms with E-state index in [1.54, 1.807) is 13.2 Å². The van der Waals surface area contributed by atoms with Crippen LogP contribution in [0.4, 0.5) is 0 Å². The van der Waals surface area contributed by atoms with E-state index in [1.165, 1.54) is 0 Å². The molecule has 4 aromatic rings. The van der Waals surface area contributed by atoms with Crippen molar-refractivity contribution in [3.8, 4) is 5.75 Å². The number of ether oxygens (including phenoxy) is 1. The molecule has 118 valence electrons. The van der Waals surface area contributed by atoms with E-state index in [0.717, 1.165) is 10.9 Å². The summed E-state index contributed by atoms with van der Waals surface area (Å²) in [6.07, 6.45) is 3.82. The molecule has 5 nitrogen and oxygen atoms in total. The quantitative estimate of drug-likeness (QED) is 0.606. The molecule has 0 saturated carbocycles. The van der Waals surface area contributed by atoms with Gasteiger partial charge in [-0.1, -0.05) is 36.4 Å². The maximum Gasteiger partial charge on any atom is 0.260 e. The first-order chi connectivity index (χ1) is 11.8. The zero-order chi connectivity index (χ0) is 16.5. The van der Waals surface area contributed by atoms with Crippen molar-refractivity contribution in [3.63, 3.8) is 0 Å². The highest BCUT2D eigenvalue weighted by molar-refractivity contribution is 6.05. The molecule has 2 N–H and O–H groups in total. The Morgan fingerprint density at radius 1 is 1.08 bits per heavy atom. The van der Waals surface area contributed by atoms with Gasteiger partial charge < -0.3 is 9.72 Å². The number of rotatable bonds is 3. The summed E-state index contributed by atoms with van der Waals surface area (Å²) >= 11 is 0. The van der Waals surface area contributed by atoms with Crippen molar-refractivity contribution in [1.82, 2.24) is 15.2 Å². The number of hydrogen-bond acceptors (Lipinski definition) is 3. The molecule has 0 bridgehead atoms. The second kappa shape index (κ2) is 5.70. The number of aromatic nitrogens is 3. The summed E-state index contributed by atoms with van der Waals surface area (Å²) in [5, 5.41) is 8.73. The molecule has 0 fully saturated rings. The lowest BCUT2D eigenvalue weighted by Crippen LogP contribution is -2.06. The Morgan fingerprint density at radius 3 is 2.71 bits per heavy atom. The molecule has 0 spiro atoms. The first-order valence-electron chi connectivity index (χ1n) is 7.57. The van der Waals surface area contributed by atoms with E-state index < -0.39 is 0 Å². The first-order valence-corrected chi connectivity index (χ1v) is 7.57. The van der Waals surface area contributed by atoms with Crippen LogP contribution >= 0.6 is 0 Å². The van der Waals surface area contributed by atoms with Crippen LogP contribution in [0.5, 0.6) is 5.75 Å². The number of methoxy groups -OCH3 is 1. The number of aromatic amines is 2. The number of hydrogen-bond donors (Lipinski definition) is 2. The zero-order valence-electron chi connectivity index (χ0n) is 13.0. The predicted octanol–water partition coefficient (Wildman–Crippen LogP) is 3.58. The van der Waals surface area contributed by atoms with Gasteiger partial charge in [-0.15, -0.1) is 0 Å². The highest BCUT2D eigenvalue weighted by Gasteiger charge is 2.12. The molecule has 0 aliphatic heterocycles. The van der Waals surface area contributed by atoms with Gasteiger partial charge in [0.1, 0.15) is 11.3 Å². The van der Waals surface area contributed by atoms with Crippen molar-refractivity contribution >= 4 is 34.0 Å². The zero-order valence-corrected chi connectivity index (χ0v) is 13.0. The number of fused-ring (bicyclic) bond motifs is 3. The van der Waals surface area contributed by atoms with Crippen molar-refractivity contribution in [1.29, 1.82) is 0 Å². The molecule has 0 unspecified atom stereocenters. The SMILES string of the molecule is COc1ccc2c(c1)[nH]c(=O)c1c(/C=C/c3ccccc3)[nH]nc12. The Labute approximate surface area is 137 Å². The summed E-state index contributed by atoms with van der Waals surface area (Å²) in [6.45, 7) is 0. The first kappa shape index (κ1) is 14.3. The Hall–Kier alpha value is -3.34. The summed E-state index contributed by atoms with van der Waals surface area (Å²) in [7, 11) is 1.60. The summed E-state index contributed by atoms with van der Waals surface area (Å²) in [6, 6.07) is 15.5. The second-order valence-corrected chi connectivity index (χ2v) is 5.47. The molecule has 2 heterocycles. The topological polar surface area (TPSA) is 70.8 Å². The van der Waals surface area contributed by atoms with Gasteiger partial charge in [-0.2, -0.15) is 5.10 Å². The normalized spacial score (nSPS) is 11.5. The van der Waals surface area contributed by atoms with E-state index in [-0.39, 0.29) is 5.56 Å². The van der Waals surface area contributed by atoms with Crippen molar-refractivity contribution in [2.45, 2.75) is 0 Å². The molecule has 5 heteroatoms. The molecule has 0 aliphatic rings. The summed E-state index contributed by atoms with van der Waals surface area (Å²) in [5.74, 6) is 0.692. The average Bonchev–Trinajstić information content (AvgIpc) is 3.05. The van der Waals surface area contributed by atoms with Gasteiger partial charge in [0.15, 0.2) is 0 Å². The molecule has 2 aromatic heterocycles. The van der Waals surface area contributed by atoms with Gasteiger partial charge >= 0.3 is 0 Å². The van der Waals surface area contributed by atoms with Gasteiger partial charge in [0.05, 0.1) is 23.7 Å². The highest BCUT2D eigenvalue weighted by Crippen LogP contribution is 2.25. The lowest BCUT2D eigenvalue weighted by Gasteiger charge is -2.02. The van der Waals surface area contributed by atoms with Crippen LogP contribution in [0.25, 0.3) is 34.0 Å². The molecule has 2 aromatic carbocycles. The molecule has 24 heavy (non-hydrogen) atoms. The number of pyridine rings is 1. The fourth-order valence-electron chi connectivity index (χ4n) is 2.79. The molecule has 0 amide bonds. The van der Waals surface area contributed by atoms with Crippen LogP contribution in [0.2, 0.25) is 0 Å². The Kier molecular flexibility index (Phi) is 3.39. The van der Waals surface area contributed by atoms with Crippen LogP contribution in [0, 0.1) is 0 Å². The van der Waals surface area contributed by atoms with E-state index >= 15 is 0 Å². The molecular formula is C19H15N3O2. The van der Waals surface area contributed by atoms with Crippen LogP contribution in [0.1, 0.15) is 11.3 Å². The molecule has 0 aliphatic carbocycles. The van der Waals surface area contributed by atoms with E-state index in [4.69, 9.17) is 4.74 Å². The van der Waals surface area contributed by atoms with Gasteiger partial charge in [0.25, 0.3) is 5.56 Å². The van der Waals surface area contributed by atoms with Crippen LogP contribution in [-0.4, -0.2) is 22.3 Å². The van der Waals surface area contributed by atoms with Crippen molar-refractivity contribution < 1.29 is 4.74 Å². The molecule has 4 rings (SSSR count). The van der Waals surface area contributed by atoms with Gasteiger partial charge in [-0.05, 0) is 23.8 Å². The Morgan fingerprint density at radius 2 is 1.92 bits per heavy atom. The summed E-state index contributed by atoms with van der Waals surface area (Å²) in [4.78, 5) is 15.4. The van der Waals surface area contributed by atoms with Crippen LogP contribution in [-0.2, 0) is 0 Å². The van der Waals surface area contributed by atoms with Gasteiger partial charge in [-0.3, -0.25) is 9.89 Å². The molecular weight excluding hydrogens is 302 g/mol. The number of benzene rings is 2. The summed E-state index contributed by atoms with van der Waals surface area (Å²) < 4.78 is 5.21. The van der Waals surface area contributed by atoms with E-state index in [9.17, 15) is 4.79 Å². The maximum atomic E-state index is 12.5. The summed E-state index contributed by atoms with van der Waals surface area (Å²) in [5.41, 5.74) is 2.93. The molecule has 0 atom stereocenters. The van der Waals surface area contributed by atoms with Gasteiger partial charge in [0, 0.05) is 11.5 Å². The van der Waals surface area contributed by atoms with Gasteiger partial charge in [0.2, 0.25) is 0 Å². The number of nitrogens with one attached hydrogen (secondary N) is 2. The standard InChI is InChI=1S/C19H15N3O2/c1-24-13-8-9-14-16(11-13)20-19(23)17-15(21-22-18(14)17)10-7-12-5-3-2-4-6-12/h2-11H,1H3,(H,20,23)(H,21,22)/b10-7+. The van der Waals surface area contributed by atoms with Gasteiger partial charge in [-0.25, -0.2) is 0 Å². The minimum atomic E-state index is -0.174. The minimum Gasteiger partial charge on any atom is -0.497 e. The highest BCUT2D eigenvalue weighted by atomic mass is 16.5. The van der Waals surface area contributed by atoms with Crippen LogP contribution in [0.15, 0.2) is 53.3 Å². The van der Waals surface area contributed by atoms with Crippen LogP contribution in [0.3, 0.4) is 0 Å². The fourth-order valence-corrected chi connectivity index (χ4v) is 2.79. The second-order valence-electron chi connectivity index (χ2n) is 5.47. The molecule has 0 saturated heterocycles. The van der Waals surface area contributed by atoms with Crippen molar-refractivity contribution in [2.75, 3.05) is 7.11 Å². The lowest BCUT2D eigenvalue weighted by molar-refractivity contribution is 0.415. The monoisotopic (exact) mass is 317 g/mol. The van der Waals surface area contributed by atoms with E-state index in [0.29, 0.717) is 27.9 Å². The van der Waals surface area contributed by atoms with Crippen molar-refractivity contribution in [3.05, 3.63) is 70.1 Å². The number of H-pyrrole nitrogens is 2. The van der Waals surface area contributed by atoms with Crippen molar-refractivity contribution in [2.24, 2.45) is 0 Å². The van der Waals surface area contributed by atoms with E-state index in [2.05, 4.69) is 15.2 Å². The largest absolute Gasteiger partial charge is 0.497 e. The lowest BCUT2D eigenvalue weighted by atomic mass is 10.1. The number of nitrogens with zero attached hydrogens (tertiary/aromatic N) is 1. The molecule has 0 radical (unpaired) electrons. The smallest absolute Gasteiger partial charge is 0.260 e. The third-order valence-electron chi connectivity index (χ3n) is 3.99. The maximum absolute atomic E-state index is 12.5. The predicted molar refractivity (Wildman–Crippen MR) is 96.1 cm³/mol. The third kappa shape index (κ3) is 2.36.